The first kappa shape index (κ1) is 59.7. The standard InChI is InChI=1S/C55H64FN10O15PS/c1-63-45-22-31(7-14-42(45)66(55(63)76)44-16-18-47(68)62-52(44)73)21-29-3-5-30(6-4-29)23-48(69)64-20-19-35-10-15-43(51(72)60-39(13-17-46(57)67)49(70)58-27-33-8-11-36(26-37(33)56)83(2,80)81)65(35)53(74)41(28-64)61-50(71)40-25-34-24-32(9-12-38(34)59-40)54(75)82(77,78)79/h7-9,11-12,14,22,24-26,29-30,35,39,41,43-44,59H,3-6,10,13,15-21,23,27-28H2,1-2H3,(H2,57,67)(H,58,70)(H,60,72)(H,61,71)(H,62,68,73)(H2,77,78,79)/t29?,30?,35?,39-,41-,43-,44?/m0/s1. The maximum absolute atomic E-state index is 15.0. The third-order valence-electron chi connectivity index (χ3n) is 16.4. The number of imide groups is 1. The fourth-order valence-corrected chi connectivity index (χ4v) is 13.0. The number of sulfone groups is 1. The van der Waals surface area contributed by atoms with Crippen molar-refractivity contribution in [2.24, 2.45) is 24.6 Å². The van der Waals surface area contributed by atoms with E-state index in [1.165, 1.54) is 55.3 Å². The number of imidazole rings is 1. The van der Waals surface area contributed by atoms with Gasteiger partial charge in [-0.2, -0.15) is 0 Å². The van der Waals surface area contributed by atoms with Gasteiger partial charge in [-0.1, -0.05) is 12.1 Å². The van der Waals surface area contributed by atoms with Gasteiger partial charge >= 0.3 is 13.3 Å². The Kier molecular flexibility index (Phi) is 17.4. The van der Waals surface area contributed by atoms with Crippen LogP contribution in [0.5, 0.6) is 0 Å². The highest BCUT2D eigenvalue weighted by molar-refractivity contribution is 7.90. The lowest BCUT2D eigenvalue weighted by atomic mass is 9.78. The molecule has 2 unspecified atom stereocenters. The summed E-state index contributed by atoms with van der Waals surface area (Å²) in [5.41, 5.74) is 5.69. The summed E-state index contributed by atoms with van der Waals surface area (Å²) >= 11 is 0. The zero-order chi connectivity index (χ0) is 59.8. The Bertz CT molecular complexity index is 3720. The molecule has 0 spiro atoms. The van der Waals surface area contributed by atoms with Crippen molar-refractivity contribution in [3.8, 4) is 0 Å². The average molecular weight is 1190 g/mol. The van der Waals surface area contributed by atoms with Crippen LogP contribution >= 0.6 is 7.60 Å². The Balaban J connectivity index is 0.893. The van der Waals surface area contributed by atoms with Crippen molar-refractivity contribution in [3.05, 3.63) is 99.3 Å². The highest BCUT2D eigenvalue weighted by Gasteiger charge is 2.46. The number of aromatic amines is 1. The molecule has 1 aliphatic carbocycles. The van der Waals surface area contributed by atoms with Gasteiger partial charge in [0.15, 0.2) is 9.84 Å². The van der Waals surface area contributed by atoms with Crippen molar-refractivity contribution in [2.75, 3.05) is 19.3 Å². The number of hydrogen-bond donors (Lipinski definition) is 8. The Morgan fingerprint density at radius 3 is 2.30 bits per heavy atom. The van der Waals surface area contributed by atoms with E-state index in [1.54, 1.807) is 7.05 Å². The number of H-pyrrole nitrogens is 1. The number of rotatable bonds is 18. The summed E-state index contributed by atoms with van der Waals surface area (Å²) in [7, 11) is -7.25. The smallest absolute Gasteiger partial charge is 0.370 e. The number of benzene rings is 3. The van der Waals surface area contributed by atoms with Gasteiger partial charge in [0.05, 0.1) is 15.9 Å². The molecule has 3 saturated heterocycles. The van der Waals surface area contributed by atoms with Gasteiger partial charge in [-0.05, 0) is 130 Å². The number of amides is 8. The average Bonchev–Trinajstić information content (AvgIpc) is 2.84. The maximum atomic E-state index is 15.0. The van der Waals surface area contributed by atoms with Crippen LogP contribution in [0.15, 0.2) is 70.4 Å². The molecule has 0 radical (unpaired) electrons. The van der Waals surface area contributed by atoms with E-state index in [-0.39, 0.29) is 121 Å². The third-order valence-corrected chi connectivity index (χ3v) is 18.3. The molecule has 28 heteroatoms. The van der Waals surface area contributed by atoms with Crippen LogP contribution in [0.4, 0.5) is 4.39 Å². The number of nitrogens with two attached hydrogens (primary N) is 1. The first-order valence-electron chi connectivity index (χ1n) is 27.3. The van der Waals surface area contributed by atoms with Crippen molar-refractivity contribution in [2.45, 2.75) is 125 Å². The first-order valence-corrected chi connectivity index (χ1v) is 30.8. The minimum Gasteiger partial charge on any atom is -0.370 e. The van der Waals surface area contributed by atoms with Gasteiger partial charge in [0.2, 0.25) is 41.4 Å². The summed E-state index contributed by atoms with van der Waals surface area (Å²) in [6, 6.07) is 8.41. The molecule has 4 fully saturated rings. The van der Waals surface area contributed by atoms with Crippen LogP contribution in [-0.2, 0) is 68.0 Å². The van der Waals surface area contributed by atoms with Gasteiger partial charge in [-0.25, -0.2) is 17.6 Å². The monoisotopic (exact) mass is 1190 g/mol. The summed E-state index contributed by atoms with van der Waals surface area (Å²) < 4.78 is 53.5. The summed E-state index contributed by atoms with van der Waals surface area (Å²) in [4.78, 5) is 158. The molecule has 9 rings (SSSR count). The molecule has 3 aliphatic heterocycles. The molecule has 4 aliphatic rings. The molecule has 9 N–H and O–H groups in total. The number of aryl methyl sites for hydroxylation is 1. The molecule has 0 bridgehead atoms. The number of hydrogen-bond acceptors (Lipinski definition) is 13. The Morgan fingerprint density at radius 2 is 1.61 bits per heavy atom. The Morgan fingerprint density at radius 1 is 0.880 bits per heavy atom. The van der Waals surface area contributed by atoms with E-state index in [1.807, 2.05) is 18.2 Å². The summed E-state index contributed by atoms with van der Waals surface area (Å²) in [5, 5.41) is 10.4. The summed E-state index contributed by atoms with van der Waals surface area (Å²) in [5.74, 6) is -5.78. The van der Waals surface area contributed by atoms with Crippen LogP contribution in [0.1, 0.15) is 115 Å². The minimum atomic E-state index is -5.15. The molecule has 5 aromatic rings. The number of nitrogens with one attached hydrogen (secondary N) is 5. The van der Waals surface area contributed by atoms with Crippen LogP contribution in [0, 0.1) is 17.7 Å². The number of fused-ring (bicyclic) bond motifs is 3. The lowest BCUT2D eigenvalue weighted by Gasteiger charge is -2.39. The van der Waals surface area contributed by atoms with Crippen LogP contribution in [0.25, 0.3) is 21.9 Å². The van der Waals surface area contributed by atoms with Crippen molar-refractivity contribution in [1.82, 2.24) is 45.2 Å². The molecule has 5 atom stereocenters. The van der Waals surface area contributed by atoms with Gasteiger partial charge in [-0.3, -0.25) is 62.2 Å². The fraction of sp³-hybridized carbons (Fsp3) is 0.455. The third kappa shape index (κ3) is 13.3. The molecular formula is C55H64FN10O15PS. The highest BCUT2D eigenvalue weighted by atomic mass is 32.2. The molecule has 8 amide bonds. The quantitative estimate of drug-likeness (QED) is 0.0459. The van der Waals surface area contributed by atoms with E-state index in [2.05, 4.69) is 26.3 Å². The molecular weight excluding hydrogens is 1120 g/mol. The molecule has 442 valence electrons. The molecule has 5 heterocycles. The van der Waals surface area contributed by atoms with E-state index in [0.29, 0.717) is 23.0 Å². The van der Waals surface area contributed by atoms with E-state index < -0.39 is 101 Å². The van der Waals surface area contributed by atoms with Crippen LogP contribution in [0.2, 0.25) is 0 Å². The number of halogens is 1. The molecule has 3 aromatic carbocycles. The number of aromatic nitrogens is 3. The van der Waals surface area contributed by atoms with Crippen molar-refractivity contribution in [3.63, 3.8) is 0 Å². The second kappa shape index (κ2) is 24.1. The largest absolute Gasteiger partial charge is 0.396 e. The highest BCUT2D eigenvalue weighted by Crippen LogP contribution is 2.40. The number of carbonyl (C=O) groups excluding carboxylic acids is 9. The van der Waals surface area contributed by atoms with Gasteiger partial charge in [0.1, 0.15) is 35.7 Å². The SMILES string of the molecule is Cn1c(=O)n(C2CCC(=O)NC2=O)c2ccc(CC3CCC(CC(=O)N4CCC5CC[C@@H](C(=O)N[C@@H](CCC(N)=O)C(=O)NCc6ccc(S(C)(=O)=O)cc6F)N5C(=O)[C@@H](NC(=O)c5cc6cc(C(=O)P(=O)(O)O)ccc6[nH]5)C4)CC3)cc21. The van der Waals surface area contributed by atoms with Crippen LogP contribution < -0.4 is 32.7 Å². The molecule has 83 heavy (non-hydrogen) atoms. The Labute approximate surface area is 474 Å². The number of primary amides is 1. The normalized spacial score (nSPS) is 21.9. The lowest BCUT2D eigenvalue weighted by molar-refractivity contribution is -0.146. The fourth-order valence-electron chi connectivity index (χ4n) is 11.9. The predicted molar refractivity (Wildman–Crippen MR) is 295 cm³/mol. The molecule has 25 nitrogen and oxygen atoms in total. The molecule has 1 saturated carbocycles. The van der Waals surface area contributed by atoms with Crippen LogP contribution in [-0.4, -0.2) is 138 Å². The van der Waals surface area contributed by atoms with Crippen molar-refractivity contribution < 1.29 is 70.3 Å². The zero-order valence-electron chi connectivity index (χ0n) is 45.4. The van der Waals surface area contributed by atoms with Gasteiger partial charge in [0.25, 0.3) is 11.4 Å². The zero-order valence-corrected chi connectivity index (χ0v) is 47.1. The van der Waals surface area contributed by atoms with Gasteiger partial charge in [0, 0.05) is 80.3 Å². The van der Waals surface area contributed by atoms with E-state index in [0.717, 1.165) is 43.6 Å². The maximum Gasteiger partial charge on any atom is 0.396 e. The predicted octanol–water partition coefficient (Wildman–Crippen LogP) is 1.86. The second-order valence-corrected chi connectivity index (χ2v) is 25.6. The minimum absolute atomic E-state index is 0.0114. The van der Waals surface area contributed by atoms with Crippen molar-refractivity contribution in [1.29, 1.82) is 0 Å². The lowest BCUT2D eigenvalue weighted by Crippen LogP contribution is -2.62. The van der Waals surface area contributed by atoms with Gasteiger partial charge < -0.3 is 46.3 Å². The number of piperidine rings is 1. The van der Waals surface area contributed by atoms with E-state index in [9.17, 15) is 70.3 Å². The first-order chi connectivity index (χ1) is 39.2. The number of carbonyl (C=O) groups is 9. The van der Waals surface area contributed by atoms with E-state index in [4.69, 9.17) is 5.73 Å². The van der Waals surface area contributed by atoms with Gasteiger partial charge in [-0.15, -0.1) is 0 Å². The summed E-state index contributed by atoms with van der Waals surface area (Å²) in [6.07, 6.45) is 5.13. The Hall–Kier alpha value is -7.87. The molecule has 2 aromatic heterocycles. The topological polar surface area (TPSA) is 369 Å². The number of nitrogens with zero attached hydrogens (tertiary/aromatic N) is 4. The van der Waals surface area contributed by atoms with Crippen molar-refractivity contribution >= 4 is 92.2 Å². The van der Waals surface area contributed by atoms with E-state index >= 15 is 4.79 Å². The summed E-state index contributed by atoms with van der Waals surface area (Å²) in [6.45, 7) is -0.600. The van der Waals surface area contributed by atoms with Crippen LogP contribution in [0.3, 0.4) is 0 Å². The second-order valence-electron chi connectivity index (χ2n) is 22.1.